The minimum absolute atomic E-state index is 0.0722. The van der Waals surface area contributed by atoms with Crippen molar-refractivity contribution >= 4 is 27.5 Å². The van der Waals surface area contributed by atoms with Gasteiger partial charge in [0.25, 0.3) is 0 Å². The summed E-state index contributed by atoms with van der Waals surface area (Å²) in [6.45, 7) is 0.771. The first kappa shape index (κ1) is 13.9. The van der Waals surface area contributed by atoms with E-state index in [9.17, 15) is 5.11 Å². The zero-order valence-electron chi connectivity index (χ0n) is 10.7. The van der Waals surface area contributed by atoms with E-state index in [2.05, 4.69) is 15.9 Å². The first-order chi connectivity index (χ1) is 9.10. The predicted molar refractivity (Wildman–Crippen MR) is 79.4 cm³/mol. The van der Waals surface area contributed by atoms with Crippen LogP contribution < -0.4 is 0 Å². The number of rotatable bonds is 2. The maximum Gasteiger partial charge on any atom is 0.0831 e. The van der Waals surface area contributed by atoms with E-state index in [-0.39, 0.29) is 11.5 Å². The second-order valence-electron chi connectivity index (χ2n) is 5.75. The van der Waals surface area contributed by atoms with Crippen LogP contribution in [0, 0.1) is 5.92 Å². The smallest absolute Gasteiger partial charge is 0.0831 e. The zero-order chi connectivity index (χ0) is 13.5. The lowest BCUT2D eigenvalue weighted by atomic mass is 9.70. The summed E-state index contributed by atoms with van der Waals surface area (Å²) in [5.41, 5.74) is 1.01. The molecule has 2 fully saturated rings. The Bertz CT molecular complexity index is 473. The molecular weight excluding hydrogens is 328 g/mol. The van der Waals surface area contributed by atoms with Crippen LogP contribution in [0.3, 0.4) is 0 Å². The molecule has 0 amide bonds. The van der Waals surface area contributed by atoms with Crippen LogP contribution in [-0.4, -0.2) is 17.3 Å². The summed E-state index contributed by atoms with van der Waals surface area (Å²) < 4.78 is 6.81. The van der Waals surface area contributed by atoms with E-state index in [1.54, 1.807) is 0 Å². The molecule has 1 saturated carbocycles. The molecule has 2 nitrogen and oxygen atoms in total. The minimum Gasteiger partial charge on any atom is -0.388 e. The lowest BCUT2D eigenvalue weighted by molar-refractivity contribution is -0.157. The Kier molecular flexibility index (Phi) is 3.91. The van der Waals surface area contributed by atoms with Gasteiger partial charge in [-0.05, 0) is 55.7 Å². The van der Waals surface area contributed by atoms with Gasteiger partial charge in [0.2, 0.25) is 0 Å². The SMILES string of the molecule is OC(c1ccc(Cl)cc1Br)C1CCOC2(CCC2)C1. The normalized spacial score (nSPS) is 27.0. The van der Waals surface area contributed by atoms with E-state index < -0.39 is 6.10 Å². The maximum atomic E-state index is 10.6. The van der Waals surface area contributed by atoms with Crippen molar-refractivity contribution < 1.29 is 9.84 Å². The van der Waals surface area contributed by atoms with Crippen molar-refractivity contribution in [3.05, 3.63) is 33.3 Å². The molecule has 0 radical (unpaired) electrons. The Labute approximate surface area is 127 Å². The molecule has 104 valence electrons. The monoisotopic (exact) mass is 344 g/mol. The summed E-state index contributed by atoms with van der Waals surface area (Å²) in [5.74, 6) is 0.284. The van der Waals surface area contributed by atoms with Crippen LogP contribution in [0.1, 0.15) is 43.8 Å². The van der Waals surface area contributed by atoms with Crippen LogP contribution in [-0.2, 0) is 4.74 Å². The van der Waals surface area contributed by atoms with E-state index in [0.29, 0.717) is 5.02 Å². The van der Waals surface area contributed by atoms with Crippen LogP contribution in [0.4, 0.5) is 0 Å². The molecule has 2 unspecified atom stereocenters. The molecule has 1 spiro atoms. The summed E-state index contributed by atoms with van der Waals surface area (Å²) in [4.78, 5) is 0. The third-order valence-corrected chi connectivity index (χ3v) is 5.45. The van der Waals surface area contributed by atoms with Crippen LogP contribution in [0.5, 0.6) is 0 Å². The number of benzene rings is 1. The Hall–Kier alpha value is -0.0900. The number of aliphatic hydroxyl groups excluding tert-OH is 1. The summed E-state index contributed by atoms with van der Waals surface area (Å²) in [6.07, 6.45) is 5.03. The number of ether oxygens (including phenoxy) is 1. The fourth-order valence-electron chi connectivity index (χ4n) is 3.25. The van der Waals surface area contributed by atoms with E-state index >= 15 is 0 Å². The topological polar surface area (TPSA) is 29.5 Å². The molecule has 2 atom stereocenters. The van der Waals surface area contributed by atoms with Crippen molar-refractivity contribution in [1.29, 1.82) is 0 Å². The molecule has 1 aromatic rings. The summed E-state index contributed by atoms with van der Waals surface area (Å²) in [7, 11) is 0. The van der Waals surface area contributed by atoms with Crippen molar-refractivity contribution in [3.8, 4) is 0 Å². The van der Waals surface area contributed by atoms with E-state index in [1.165, 1.54) is 6.42 Å². The molecular formula is C15H18BrClO2. The van der Waals surface area contributed by atoms with Crippen LogP contribution in [0.15, 0.2) is 22.7 Å². The van der Waals surface area contributed by atoms with Crippen molar-refractivity contribution in [2.45, 2.75) is 43.8 Å². The average molecular weight is 346 g/mol. The van der Waals surface area contributed by atoms with Gasteiger partial charge in [-0.2, -0.15) is 0 Å². The van der Waals surface area contributed by atoms with Gasteiger partial charge >= 0.3 is 0 Å². The number of hydrogen-bond acceptors (Lipinski definition) is 2. The summed E-state index contributed by atoms with van der Waals surface area (Å²) in [6, 6.07) is 5.60. The van der Waals surface area contributed by atoms with Crippen LogP contribution in [0.25, 0.3) is 0 Å². The molecule has 3 rings (SSSR count). The Balaban J connectivity index is 1.77. The highest BCUT2D eigenvalue weighted by Crippen LogP contribution is 2.47. The highest BCUT2D eigenvalue weighted by atomic mass is 79.9. The average Bonchev–Trinajstić information content (AvgIpc) is 2.36. The second kappa shape index (κ2) is 5.36. The van der Waals surface area contributed by atoms with Gasteiger partial charge in [-0.25, -0.2) is 0 Å². The van der Waals surface area contributed by atoms with Crippen molar-refractivity contribution in [2.75, 3.05) is 6.61 Å². The molecule has 1 saturated heterocycles. The van der Waals surface area contributed by atoms with E-state index in [4.69, 9.17) is 16.3 Å². The van der Waals surface area contributed by atoms with Gasteiger partial charge in [-0.1, -0.05) is 33.6 Å². The largest absolute Gasteiger partial charge is 0.388 e. The molecule has 1 heterocycles. The van der Waals surface area contributed by atoms with Gasteiger partial charge in [0.05, 0.1) is 11.7 Å². The number of aliphatic hydroxyl groups is 1. The molecule has 19 heavy (non-hydrogen) atoms. The predicted octanol–water partition coefficient (Wildman–Crippen LogP) is 4.49. The molecule has 1 N–H and O–H groups in total. The van der Waals surface area contributed by atoms with Crippen molar-refractivity contribution in [3.63, 3.8) is 0 Å². The third kappa shape index (κ3) is 2.71. The first-order valence-corrected chi connectivity index (χ1v) is 8.04. The Morgan fingerprint density at radius 1 is 1.42 bits per heavy atom. The molecule has 1 aromatic carbocycles. The summed E-state index contributed by atoms with van der Waals surface area (Å²) >= 11 is 9.45. The number of hydrogen-bond donors (Lipinski definition) is 1. The lowest BCUT2D eigenvalue weighted by Crippen LogP contribution is -2.46. The molecule has 1 aliphatic heterocycles. The van der Waals surface area contributed by atoms with Crippen LogP contribution in [0.2, 0.25) is 5.02 Å². The van der Waals surface area contributed by atoms with Gasteiger partial charge in [0, 0.05) is 16.1 Å². The van der Waals surface area contributed by atoms with Crippen molar-refractivity contribution in [1.82, 2.24) is 0 Å². The van der Waals surface area contributed by atoms with E-state index in [0.717, 1.165) is 42.3 Å². The lowest BCUT2D eigenvalue weighted by Gasteiger charge is -2.48. The minimum atomic E-state index is -0.437. The second-order valence-corrected chi connectivity index (χ2v) is 7.04. The fraction of sp³-hybridized carbons (Fsp3) is 0.600. The van der Waals surface area contributed by atoms with Gasteiger partial charge in [-0.15, -0.1) is 0 Å². The highest BCUT2D eigenvalue weighted by molar-refractivity contribution is 9.10. The summed E-state index contributed by atoms with van der Waals surface area (Å²) in [5, 5.41) is 11.3. The molecule has 2 aliphatic rings. The molecule has 1 aliphatic carbocycles. The molecule has 4 heteroatoms. The van der Waals surface area contributed by atoms with Crippen molar-refractivity contribution in [2.24, 2.45) is 5.92 Å². The van der Waals surface area contributed by atoms with Gasteiger partial charge in [0.1, 0.15) is 0 Å². The first-order valence-electron chi connectivity index (χ1n) is 6.87. The zero-order valence-corrected chi connectivity index (χ0v) is 13.1. The maximum absolute atomic E-state index is 10.6. The standard InChI is InChI=1S/C15H18BrClO2/c16-13-8-11(17)2-3-12(13)14(18)10-4-7-19-15(9-10)5-1-6-15/h2-3,8,10,14,18H,1,4-7,9H2. The molecule has 0 bridgehead atoms. The fourth-order valence-corrected chi connectivity index (χ4v) is 4.17. The quantitative estimate of drug-likeness (QED) is 0.856. The number of halogens is 2. The van der Waals surface area contributed by atoms with Gasteiger partial charge < -0.3 is 9.84 Å². The Morgan fingerprint density at radius 3 is 2.84 bits per heavy atom. The Morgan fingerprint density at radius 2 is 2.21 bits per heavy atom. The van der Waals surface area contributed by atoms with E-state index in [1.807, 2.05) is 18.2 Å². The van der Waals surface area contributed by atoms with Gasteiger partial charge in [-0.3, -0.25) is 0 Å². The van der Waals surface area contributed by atoms with Gasteiger partial charge in [0.15, 0.2) is 0 Å². The highest BCUT2D eigenvalue weighted by Gasteiger charge is 2.44. The molecule has 0 aromatic heterocycles. The van der Waals surface area contributed by atoms with Crippen LogP contribution >= 0.6 is 27.5 Å². The third-order valence-electron chi connectivity index (χ3n) is 4.52.